The van der Waals surface area contributed by atoms with E-state index in [2.05, 4.69) is 5.32 Å². The van der Waals surface area contributed by atoms with Gasteiger partial charge >= 0.3 is 0 Å². The molecule has 0 aliphatic carbocycles. The summed E-state index contributed by atoms with van der Waals surface area (Å²) in [6.45, 7) is 5.26. The quantitative estimate of drug-likeness (QED) is 0.819. The maximum atomic E-state index is 12.2. The predicted molar refractivity (Wildman–Crippen MR) is 101 cm³/mol. The van der Waals surface area contributed by atoms with Crippen LogP contribution in [0.25, 0.3) is 0 Å². The number of rotatable bonds is 7. The Labute approximate surface area is 154 Å². The summed E-state index contributed by atoms with van der Waals surface area (Å²) in [5, 5.41) is 2.84. The third-order valence-electron chi connectivity index (χ3n) is 4.28. The zero-order chi connectivity index (χ0) is 18.4. The summed E-state index contributed by atoms with van der Waals surface area (Å²) in [5.74, 6) is 1.24. The van der Waals surface area contributed by atoms with Crippen LogP contribution in [-0.2, 0) is 9.53 Å². The average Bonchev–Trinajstić information content (AvgIpc) is 3.15. The van der Waals surface area contributed by atoms with E-state index in [1.807, 2.05) is 56.3 Å². The molecular formula is C21H25NO4. The van der Waals surface area contributed by atoms with Crippen LogP contribution >= 0.6 is 0 Å². The molecular weight excluding hydrogens is 330 g/mol. The van der Waals surface area contributed by atoms with Crippen molar-refractivity contribution in [1.82, 2.24) is 0 Å². The Morgan fingerprint density at radius 1 is 1.19 bits per heavy atom. The number of anilines is 1. The van der Waals surface area contributed by atoms with E-state index >= 15 is 0 Å². The van der Waals surface area contributed by atoms with Crippen molar-refractivity contribution in [3.05, 3.63) is 53.6 Å². The fraction of sp³-hybridized carbons (Fsp3) is 0.381. The van der Waals surface area contributed by atoms with Gasteiger partial charge in [0.25, 0.3) is 5.91 Å². The van der Waals surface area contributed by atoms with Gasteiger partial charge in [-0.05, 0) is 56.0 Å². The van der Waals surface area contributed by atoms with Gasteiger partial charge in [0.15, 0.2) is 6.61 Å². The molecule has 5 nitrogen and oxygen atoms in total. The number of benzene rings is 2. The van der Waals surface area contributed by atoms with Gasteiger partial charge in [-0.3, -0.25) is 4.79 Å². The Balaban J connectivity index is 1.50. The van der Waals surface area contributed by atoms with Crippen LogP contribution in [0.1, 0.15) is 24.0 Å². The van der Waals surface area contributed by atoms with Gasteiger partial charge in [0, 0.05) is 18.4 Å². The zero-order valence-corrected chi connectivity index (χ0v) is 15.3. The lowest BCUT2D eigenvalue weighted by Crippen LogP contribution is -2.20. The molecule has 0 saturated carbocycles. The minimum Gasteiger partial charge on any atom is -0.491 e. The van der Waals surface area contributed by atoms with Crippen LogP contribution in [0, 0.1) is 13.8 Å². The second-order valence-electron chi connectivity index (χ2n) is 6.58. The minimum atomic E-state index is -0.206. The summed E-state index contributed by atoms with van der Waals surface area (Å²) in [6.07, 6.45) is 2.29. The fourth-order valence-corrected chi connectivity index (χ4v) is 2.83. The highest BCUT2D eigenvalue weighted by molar-refractivity contribution is 5.92. The number of amides is 1. The summed E-state index contributed by atoms with van der Waals surface area (Å²) >= 11 is 0. The molecule has 2 aromatic rings. The van der Waals surface area contributed by atoms with Crippen LogP contribution in [0.15, 0.2) is 42.5 Å². The van der Waals surface area contributed by atoms with E-state index in [0.29, 0.717) is 18.0 Å². The molecule has 138 valence electrons. The number of hydrogen-bond acceptors (Lipinski definition) is 4. The molecule has 2 aromatic carbocycles. The fourth-order valence-electron chi connectivity index (χ4n) is 2.83. The lowest BCUT2D eigenvalue weighted by molar-refractivity contribution is -0.118. The van der Waals surface area contributed by atoms with Gasteiger partial charge < -0.3 is 19.5 Å². The maximum absolute atomic E-state index is 12.2. The van der Waals surface area contributed by atoms with Gasteiger partial charge in [-0.1, -0.05) is 18.2 Å². The third kappa shape index (κ3) is 5.23. The van der Waals surface area contributed by atoms with Gasteiger partial charge in [-0.15, -0.1) is 0 Å². The van der Waals surface area contributed by atoms with E-state index in [1.165, 1.54) is 0 Å². The molecule has 1 saturated heterocycles. The van der Waals surface area contributed by atoms with Crippen molar-refractivity contribution in [1.29, 1.82) is 0 Å². The molecule has 0 bridgehead atoms. The molecule has 1 aliphatic heterocycles. The Hall–Kier alpha value is -2.53. The monoisotopic (exact) mass is 355 g/mol. The van der Waals surface area contributed by atoms with E-state index in [-0.39, 0.29) is 18.6 Å². The Kier molecular flexibility index (Phi) is 6.12. The van der Waals surface area contributed by atoms with Crippen molar-refractivity contribution < 1.29 is 19.0 Å². The summed E-state index contributed by atoms with van der Waals surface area (Å²) in [5.41, 5.74) is 2.79. The molecule has 26 heavy (non-hydrogen) atoms. The van der Waals surface area contributed by atoms with Gasteiger partial charge in [0.2, 0.25) is 0 Å². The number of hydrogen-bond donors (Lipinski definition) is 1. The zero-order valence-electron chi connectivity index (χ0n) is 15.3. The molecule has 1 fully saturated rings. The smallest absolute Gasteiger partial charge is 0.262 e. The molecule has 1 atom stereocenters. The first-order valence-corrected chi connectivity index (χ1v) is 8.94. The topological polar surface area (TPSA) is 56.8 Å². The van der Waals surface area contributed by atoms with E-state index in [1.54, 1.807) is 0 Å². The van der Waals surface area contributed by atoms with Gasteiger partial charge in [0.1, 0.15) is 18.1 Å². The van der Waals surface area contributed by atoms with Crippen molar-refractivity contribution >= 4 is 11.6 Å². The summed E-state index contributed by atoms with van der Waals surface area (Å²) in [7, 11) is 0. The molecule has 0 radical (unpaired) electrons. The molecule has 5 heteroatoms. The van der Waals surface area contributed by atoms with Crippen molar-refractivity contribution in [2.24, 2.45) is 0 Å². The molecule has 1 unspecified atom stereocenters. The molecule has 1 N–H and O–H groups in total. The predicted octanol–water partition coefficient (Wildman–Crippen LogP) is 3.88. The maximum Gasteiger partial charge on any atom is 0.262 e. The number of carbonyl (C=O) groups excluding carboxylic acids is 1. The highest BCUT2D eigenvalue weighted by Gasteiger charge is 2.16. The van der Waals surface area contributed by atoms with Crippen molar-refractivity contribution in [3.8, 4) is 11.5 Å². The number of carbonyl (C=O) groups is 1. The van der Waals surface area contributed by atoms with Crippen LogP contribution in [0.4, 0.5) is 5.69 Å². The van der Waals surface area contributed by atoms with Gasteiger partial charge in [-0.25, -0.2) is 0 Å². The first kappa shape index (κ1) is 18.3. The van der Waals surface area contributed by atoms with Crippen LogP contribution in [0.2, 0.25) is 0 Å². The Bertz CT molecular complexity index is 753. The lowest BCUT2D eigenvalue weighted by Gasteiger charge is -2.13. The van der Waals surface area contributed by atoms with Crippen molar-refractivity contribution in [2.75, 3.05) is 25.1 Å². The number of ether oxygens (including phenoxy) is 3. The van der Waals surface area contributed by atoms with Crippen LogP contribution in [0.3, 0.4) is 0 Å². The standard InChI is InChI=1S/C21H25NO4/c1-15-8-9-16(2)20(11-15)26-14-21(23)22-17-5-3-6-18(12-17)25-13-19-7-4-10-24-19/h3,5-6,8-9,11-12,19H,4,7,10,13-14H2,1-2H3,(H,22,23). The summed E-state index contributed by atoms with van der Waals surface area (Å²) in [6, 6.07) is 13.3. The third-order valence-corrected chi connectivity index (χ3v) is 4.28. The van der Waals surface area contributed by atoms with E-state index < -0.39 is 0 Å². The second-order valence-corrected chi connectivity index (χ2v) is 6.58. The van der Waals surface area contributed by atoms with Crippen LogP contribution in [0.5, 0.6) is 11.5 Å². The van der Waals surface area contributed by atoms with E-state index in [0.717, 1.165) is 36.3 Å². The van der Waals surface area contributed by atoms with E-state index in [9.17, 15) is 4.79 Å². The molecule has 0 aromatic heterocycles. The largest absolute Gasteiger partial charge is 0.491 e. The Morgan fingerprint density at radius 3 is 2.88 bits per heavy atom. The summed E-state index contributed by atoms with van der Waals surface area (Å²) < 4.78 is 17.0. The normalized spacial score (nSPS) is 16.3. The lowest BCUT2D eigenvalue weighted by atomic mass is 10.1. The molecule has 0 spiro atoms. The number of nitrogens with one attached hydrogen (secondary N) is 1. The average molecular weight is 355 g/mol. The highest BCUT2D eigenvalue weighted by Crippen LogP contribution is 2.21. The number of aryl methyl sites for hydroxylation is 2. The molecule has 3 rings (SSSR count). The molecule has 1 aliphatic rings. The van der Waals surface area contributed by atoms with Crippen LogP contribution in [-0.4, -0.2) is 31.8 Å². The van der Waals surface area contributed by atoms with Gasteiger partial charge in [-0.2, -0.15) is 0 Å². The minimum absolute atomic E-state index is 0.0364. The molecule has 1 heterocycles. The van der Waals surface area contributed by atoms with Gasteiger partial charge in [0.05, 0.1) is 6.10 Å². The van der Waals surface area contributed by atoms with Crippen LogP contribution < -0.4 is 14.8 Å². The van der Waals surface area contributed by atoms with Crippen molar-refractivity contribution in [2.45, 2.75) is 32.8 Å². The first-order chi connectivity index (χ1) is 12.6. The second kappa shape index (κ2) is 8.72. The highest BCUT2D eigenvalue weighted by atomic mass is 16.5. The molecule has 1 amide bonds. The Morgan fingerprint density at radius 2 is 2.08 bits per heavy atom. The van der Waals surface area contributed by atoms with Crippen molar-refractivity contribution in [3.63, 3.8) is 0 Å². The SMILES string of the molecule is Cc1ccc(C)c(OCC(=O)Nc2cccc(OCC3CCCO3)c2)c1. The first-order valence-electron chi connectivity index (χ1n) is 8.94. The summed E-state index contributed by atoms with van der Waals surface area (Å²) in [4.78, 5) is 12.2. The van der Waals surface area contributed by atoms with E-state index in [4.69, 9.17) is 14.2 Å².